The van der Waals surface area contributed by atoms with Gasteiger partial charge in [-0.15, -0.1) is 0 Å². The molecule has 128 valence electrons. The standard InChI is InChI=1S/C17H21FN4O2/c1-11-9-22(10-14(11)16(23)24-3)17(20-2)21-8-13-6-12(7-19)4-5-15(13)18/h4-6,11,14H,8-10H2,1-3H3,(H,20,21). The molecule has 2 unspecified atom stereocenters. The van der Waals surface area contributed by atoms with Crippen LogP contribution in [0.3, 0.4) is 0 Å². The molecule has 1 heterocycles. The number of nitriles is 1. The van der Waals surface area contributed by atoms with E-state index in [-0.39, 0.29) is 30.2 Å². The zero-order valence-corrected chi connectivity index (χ0v) is 14.0. The van der Waals surface area contributed by atoms with E-state index >= 15 is 0 Å². The van der Waals surface area contributed by atoms with E-state index in [4.69, 9.17) is 10.00 Å². The van der Waals surface area contributed by atoms with Gasteiger partial charge in [-0.1, -0.05) is 6.92 Å². The van der Waals surface area contributed by atoms with E-state index in [1.807, 2.05) is 17.9 Å². The summed E-state index contributed by atoms with van der Waals surface area (Å²) < 4.78 is 18.7. The molecule has 0 radical (unpaired) electrons. The molecule has 0 aromatic heterocycles. The molecule has 2 atom stereocenters. The molecule has 1 aromatic carbocycles. The number of methoxy groups -OCH3 is 1. The monoisotopic (exact) mass is 332 g/mol. The van der Waals surface area contributed by atoms with Crippen molar-refractivity contribution in [2.45, 2.75) is 13.5 Å². The Bertz CT molecular complexity index is 684. The molecule has 7 heteroatoms. The zero-order chi connectivity index (χ0) is 17.7. The Morgan fingerprint density at radius 2 is 2.29 bits per heavy atom. The Labute approximate surface area is 140 Å². The van der Waals surface area contributed by atoms with Crippen molar-refractivity contribution in [3.05, 3.63) is 35.1 Å². The van der Waals surface area contributed by atoms with Crippen molar-refractivity contribution in [3.63, 3.8) is 0 Å². The summed E-state index contributed by atoms with van der Waals surface area (Å²) >= 11 is 0. The average molecular weight is 332 g/mol. The zero-order valence-electron chi connectivity index (χ0n) is 14.0. The molecule has 0 spiro atoms. The Hall–Kier alpha value is -2.62. The van der Waals surface area contributed by atoms with Gasteiger partial charge in [-0.2, -0.15) is 5.26 Å². The molecule has 1 saturated heterocycles. The highest BCUT2D eigenvalue weighted by atomic mass is 19.1. The van der Waals surface area contributed by atoms with Crippen molar-refractivity contribution >= 4 is 11.9 Å². The minimum Gasteiger partial charge on any atom is -0.469 e. The topological polar surface area (TPSA) is 77.7 Å². The lowest BCUT2D eigenvalue weighted by Gasteiger charge is -2.21. The van der Waals surface area contributed by atoms with Crippen molar-refractivity contribution < 1.29 is 13.9 Å². The molecule has 0 saturated carbocycles. The number of benzene rings is 1. The Kier molecular flexibility index (Phi) is 5.74. The van der Waals surface area contributed by atoms with Crippen LogP contribution in [0.2, 0.25) is 0 Å². The smallest absolute Gasteiger partial charge is 0.310 e. The fourth-order valence-corrected chi connectivity index (χ4v) is 2.88. The molecule has 2 rings (SSSR count). The number of aliphatic imine (C=N–C) groups is 1. The maximum absolute atomic E-state index is 13.8. The second-order valence-electron chi connectivity index (χ2n) is 5.83. The average Bonchev–Trinajstić information content (AvgIpc) is 2.97. The predicted molar refractivity (Wildman–Crippen MR) is 87.6 cm³/mol. The number of rotatable bonds is 3. The lowest BCUT2D eigenvalue weighted by Crippen LogP contribution is -2.40. The number of guanidine groups is 1. The molecular formula is C17H21FN4O2. The van der Waals surface area contributed by atoms with Crippen molar-refractivity contribution in [1.82, 2.24) is 10.2 Å². The van der Waals surface area contributed by atoms with Gasteiger partial charge in [-0.05, 0) is 24.1 Å². The molecule has 1 aliphatic rings. The third-order valence-electron chi connectivity index (χ3n) is 4.24. The Balaban J connectivity index is 2.04. The number of carbonyl (C=O) groups excluding carboxylic acids is 1. The number of nitrogens with zero attached hydrogens (tertiary/aromatic N) is 3. The molecule has 6 nitrogen and oxygen atoms in total. The maximum Gasteiger partial charge on any atom is 0.310 e. The van der Waals surface area contributed by atoms with E-state index in [0.717, 1.165) is 0 Å². The van der Waals surface area contributed by atoms with Crippen LogP contribution in [0.4, 0.5) is 4.39 Å². The minimum absolute atomic E-state index is 0.148. The van der Waals surface area contributed by atoms with Crippen LogP contribution in [0.15, 0.2) is 23.2 Å². The van der Waals surface area contributed by atoms with E-state index in [1.54, 1.807) is 7.05 Å². The van der Waals surface area contributed by atoms with Gasteiger partial charge >= 0.3 is 5.97 Å². The van der Waals surface area contributed by atoms with Gasteiger partial charge in [0.05, 0.1) is 24.7 Å². The number of hydrogen-bond acceptors (Lipinski definition) is 4. The summed E-state index contributed by atoms with van der Waals surface area (Å²) in [5.41, 5.74) is 0.802. The number of esters is 1. The Morgan fingerprint density at radius 3 is 2.92 bits per heavy atom. The first-order valence-corrected chi connectivity index (χ1v) is 7.72. The molecular weight excluding hydrogens is 311 g/mol. The lowest BCUT2D eigenvalue weighted by atomic mass is 9.99. The van der Waals surface area contributed by atoms with Crippen LogP contribution in [0.1, 0.15) is 18.1 Å². The van der Waals surface area contributed by atoms with Crippen LogP contribution in [0.25, 0.3) is 0 Å². The molecule has 1 aromatic rings. The van der Waals surface area contributed by atoms with Crippen LogP contribution in [-0.2, 0) is 16.1 Å². The summed E-state index contributed by atoms with van der Waals surface area (Å²) in [5.74, 6) is -0.0655. The fraction of sp³-hybridized carbons (Fsp3) is 0.471. The van der Waals surface area contributed by atoms with Crippen molar-refractivity contribution in [1.29, 1.82) is 5.26 Å². The van der Waals surface area contributed by atoms with Gasteiger partial charge in [-0.3, -0.25) is 9.79 Å². The van der Waals surface area contributed by atoms with Crippen LogP contribution < -0.4 is 5.32 Å². The molecule has 0 bridgehead atoms. The fourth-order valence-electron chi connectivity index (χ4n) is 2.88. The van der Waals surface area contributed by atoms with E-state index in [2.05, 4.69) is 10.3 Å². The van der Waals surface area contributed by atoms with Crippen molar-refractivity contribution in [2.75, 3.05) is 27.2 Å². The van der Waals surface area contributed by atoms with Gasteiger partial charge in [0.1, 0.15) is 5.82 Å². The van der Waals surface area contributed by atoms with Crippen LogP contribution >= 0.6 is 0 Å². The first-order valence-electron chi connectivity index (χ1n) is 7.72. The first-order chi connectivity index (χ1) is 11.5. The maximum atomic E-state index is 13.8. The number of nitrogens with one attached hydrogen (secondary N) is 1. The van der Waals surface area contributed by atoms with E-state index in [9.17, 15) is 9.18 Å². The van der Waals surface area contributed by atoms with Crippen molar-refractivity contribution in [3.8, 4) is 6.07 Å². The molecule has 0 amide bonds. The molecule has 1 aliphatic heterocycles. The molecule has 0 aliphatic carbocycles. The van der Waals surface area contributed by atoms with Crippen LogP contribution in [0, 0.1) is 29.0 Å². The third-order valence-corrected chi connectivity index (χ3v) is 4.24. The van der Waals surface area contributed by atoms with Gasteiger partial charge in [-0.25, -0.2) is 4.39 Å². The van der Waals surface area contributed by atoms with Gasteiger partial charge < -0.3 is 15.0 Å². The highest BCUT2D eigenvalue weighted by Crippen LogP contribution is 2.24. The lowest BCUT2D eigenvalue weighted by molar-refractivity contribution is -0.145. The molecule has 1 N–H and O–H groups in total. The van der Waals surface area contributed by atoms with Gasteiger partial charge in [0.15, 0.2) is 5.96 Å². The highest BCUT2D eigenvalue weighted by Gasteiger charge is 2.36. The quantitative estimate of drug-likeness (QED) is 0.516. The van der Waals surface area contributed by atoms with Crippen LogP contribution in [-0.4, -0.2) is 44.1 Å². The number of likely N-dealkylation sites (tertiary alicyclic amines) is 1. The minimum atomic E-state index is -0.376. The summed E-state index contributed by atoms with van der Waals surface area (Å²) in [5, 5.41) is 12.0. The molecule has 24 heavy (non-hydrogen) atoms. The SMILES string of the molecule is CN=C(NCc1cc(C#N)ccc1F)N1CC(C)C(C(=O)OC)C1. The van der Waals surface area contributed by atoms with E-state index in [0.29, 0.717) is 30.2 Å². The largest absolute Gasteiger partial charge is 0.469 e. The summed E-state index contributed by atoms with van der Waals surface area (Å²) in [7, 11) is 3.02. The van der Waals surface area contributed by atoms with E-state index < -0.39 is 0 Å². The van der Waals surface area contributed by atoms with Gasteiger partial charge in [0.2, 0.25) is 0 Å². The Morgan fingerprint density at radius 1 is 1.54 bits per heavy atom. The number of carbonyl (C=O) groups is 1. The number of ether oxygens (including phenoxy) is 1. The summed E-state index contributed by atoms with van der Waals surface area (Å²) in [6.07, 6.45) is 0. The highest BCUT2D eigenvalue weighted by molar-refractivity contribution is 5.82. The third kappa shape index (κ3) is 3.82. The summed E-state index contributed by atoms with van der Waals surface area (Å²) in [6.45, 7) is 3.38. The summed E-state index contributed by atoms with van der Waals surface area (Å²) in [4.78, 5) is 17.9. The number of hydrogen-bond donors (Lipinski definition) is 1. The van der Waals surface area contributed by atoms with Gasteiger partial charge in [0, 0.05) is 32.2 Å². The molecule has 1 fully saturated rings. The normalized spacial score (nSPS) is 20.6. The second kappa shape index (κ2) is 7.77. The summed E-state index contributed by atoms with van der Waals surface area (Å²) in [6, 6.07) is 6.23. The number of halogens is 1. The van der Waals surface area contributed by atoms with Crippen LogP contribution in [0.5, 0.6) is 0 Å². The van der Waals surface area contributed by atoms with Gasteiger partial charge in [0.25, 0.3) is 0 Å². The predicted octanol–water partition coefficient (Wildman–Crippen LogP) is 1.51. The first kappa shape index (κ1) is 17.7. The van der Waals surface area contributed by atoms with Crippen molar-refractivity contribution in [2.24, 2.45) is 16.8 Å². The van der Waals surface area contributed by atoms with E-state index in [1.165, 1.54) is 25.3 Å². The second-order valence-corrected chi connectivity index (χ2v) is 5.83.